The van der Waals surface area contributed by atoms with Gasteiger partial charge in [-0.3, -0.25) is 0 Å². The first kappa shape index (κ1) is 26.9. The Hall–Kier alpha value is -3.65. The highest BCUT2D eigenvalue weighted by molar-refractivity contribution is 6.04. The van der Waals surface area contributed by atoms with Crippen LogP contribution in [0.25, 0.3) is 28.2 Å². The molecule has 1 heterocycles. The molecule has 3 aromatic rings. The molecule has 0 amide bonds. The summed E-state index contributed by atoms with van der Waals surface area (Å²) >= 11 is 0. The van der Waals surface area contributed by atoms with E-state index in [2.05, 4.69) is 18.4 Å². The van der Waals surface area contributed by atoms with Gasteiger partial charge >= 0.3 is 5.97 Å². The summed E-state index contributed by atoms with van der Waals surface area (Å²) in [7, 11) is 6.39. The lowest BCUT2D eigenvalue weighted by Gasteiger charge is -2.16. The maximum atomic E-state index is 12.4. The summed E-state index contributed by atoms with van der Waals surface area (Å²) < 4.78 is 35.4. The van der Waals surface area contributed by atoms with Gasteiger partial charge in [0.2, 0.25) is 0 Å². The molecule has 194 valence electrons. The number of carbonyl (C=O) groups excluding carboxylic acids is 1. The fraction of sp³-hybridized carbons (Fsp3) is 0.393. The number of benzene rings is 2. The van der Waals surface area contributed by atoms with E-state index in [4.69, 9.17) is 28.4 Å². The minimum atomic E-state index is -0.364. The first-order valence-electron chi connectivity index (χ1n) is 11.8. The Morgan fingerprint density at radius 2 is 1.67 bits per heavy atom. The van der Waals surface area contributed by atoms with Gasteiger partial charge < -0.3 is 33.0 Å². The molecule has 0 aliphatic heterocycles. The van der Waals surface area contributed by atoms with Gasteiger partial charge in [0.15, 0.2) is 29.8 Å². The van der Waals surface area contributed by atoms with E-state index < -0.39 is 0 Å². The van der Waals surface area contributed by atoms with Gasteiger partial charge in [-0.1, -0.05) is 0 Å². The van der Waals surface area contributed by atoms with E-state index in [1.165, 1.54) is 0 Å². The molecule has 0 unspecified atom stereocenters. The van der Waals surface area contributed by atoms with E-state index in [9.17, 15) is 4.79 Å². The van der Waals surface area contributed by atoms with Gasteiger partial charge in [-0.15, -0.1) is 0 Å². The van der Waals surface area contributed by atoms with Crippen molar-refractivity contribution in [1.29, 1.82) is 0 Å². The van der Waals surface area contributed by atoms with Crippen molar-refractivity contribution in [3.63, 3.8) is 0 Å². The number of esters is 1. The number of hydrogen-bond acceptors (Lipinski definition) is 7. The SMILES string of the molecule is CCOC(=O)/C(C)=C/c1cc(OC)c(OCOC)c2c1c(C)c(-c1ccc(OC)c(OC)c1)n2CC. The number of hydrogen-bond donors (Lipinski definition) is 0. The molecule has 0 saturated carbocycles. The zero-order valence-corrected chi connectivity index (χ0v) is 22.3. The predicted octanol–water partition coefficient (Wildman–Crippen LogP) is 5.61. The van der Waals surface area contributed by atoms with Crippen LogP contribution in [0.3, 0.4) is 0 Å². The quantitative estimate of drug-likeness (QED) is 0.194. The van der Waals surface area contributed by atoms with E-state index in [0.29, 0.717) is 41.7 Å². The number of rotatable bonds is 11. The van der Waals surface area contributed by atoms with Crippen LogP contribution in [0.1, 0.15) is 31.9 Å². The Morgan fingerprint density at radius 3 is 2.25 bits per heavy atom. The Balaban J connectivity index is 2.44. The van der Waals surface area contributed by atoms with Crippen molar-refractivity contribution in [3.05, 3.63) is 41.0 Å². The maximum Gasteiger partial charge on any atom is 0.333 e. The van der Waals surface area contributed by atoms with Crippen molar-refractivity contribution in [2.45, 2.75) is 34.2 Å². The Bertz CT molecular complexity index is 1270. The third-order valence-electron chi connectivity index (χ3n) is 6.00. The molecule has 0 N–H and O–H groups in total. The Morgan fingerprint density at radius 1 is 0.972 bits per heavy atom. The molecule has 0 atom stereocenters. The molecule has 0 spiro atoms. The summed E-state index contributed by atoms with van der Waals surface area (Å²) in [5.41, 5.74) is 5.13. The molecule has 3 rings (SSSR count). The highest BCUT2D eigenvalue weighted by Gasteiger charge is 2.25. The minimum Gasteiger partial charge on any atom is -0.493 e. The lowest BCUT2D eigenvalue weighted by molar-refractivity contribution is -0.138. The fourth-order valence-corrected chi connectivity index (χ4v) is 4.46. The van der Waals surface area contributed by atoms with Gasteiger partial charge in [0.25, 0.3) is 0 Å². The van der Waals surface area contributed by atoms with Crippen LogP contribution in [0.2, 0.25) is 0 Å². The topological polar surface area (TPSA) is 77.4 Å². The summed E-state index contributed by atoms with van der Waals surface area (Å²) in [6, 6.07) is 7.72. The van der Waals surface area contributed by atoms with E-state index in [-0.39, 0.29) is 12.8 Å². The Labute approximate surface area is 212 Å². The first-order chi connectivity index (χ1) is 17.4. The van der Waals surface area contributed by atoms with E-state index in [1.54, 1.807) is 42.3 Å². The standard InChI is InChI=1S/C28H35NO7/c1-9-29-25(19-11-12-21(32-6)22(14-19)33-7)18(4)24-20(13-17(3)28(30)35-10-2)15-23(34-8)27(26(24)29)36-16-31-5/h11-15H,9-10,16H2,1-8H3/b17-13+. The number of nitrogens with zero attached hydrogens (tertiary/aromatic N) is 1. The molecule has 8 heteroatoms. The summed E-state index contributed by atoms with van der Waals surface area (Å²) in [4.78, 5) is 12.4. The number of aryl methyl sites for hydroxylation is 2. The molecule has 8 nitrogen and oxygen atoms in total. The highest BCUT2D eigenvalue weighted by Crippen LogP contribution is 2.46. The molecule has 0 saturated heterocycles. The summed E-state index contributed by atoms with van der Waals surface area (Å²) in [5, 5.41) is 0.942. The van der Waals surface area contributed by atoms with Crippen molar-refractivity contribution in [2.24, 2.45) is 0 Å². The van der Waals surface area contributed by atoms with Gasteiger partial charge in [-0.25, -0.2) is 4.79 Å². The predicted molar refractivity (Wildman–Crippen MR) is 140 cm³/mol. The monoisotopic (exact) mass is 497 g/mol. The first-order valence-corrected chi connectivity index (χ1v) is 11.8. The second-order valence-electron chi connectivity index (χ2n) is 8.11. The highest BCUT2D eigenvalue weighted by atomic mass is 16.7. The second-order valence-corrected chi connectivity index (χ2v) is 8.11. The molecule has 0 radical (unpaired) electrons. The van der Waals surface area contributed by atoms with Crippen LogP contribution in [0.5, 0.6) is 23.0 Å². The average Bonchev–Trinajstić information content (AvgIpc) is 3.19. The number of aromatic nitrogens is 1. The molecule has 2 aromatic carbocycles. The molecule has 36 heavy (non-hydrogen) atoms. The number of carbonyl (C=O) groups is 1. The largest absolute Gasteiger partial charge is 0.493 e. The van der Waals surface area contributed by atoms with Crippen molar-refractivity contribution >= 4 is 22.9 Å². The molecule has 0 fully saturated rings. The van der Waals surface area contributed by atoms with Crippen LogP contribution in [-0.2, 0) is 20.8 Å². The van der Waals surface area contributed by atoms with Gasteiger partial charge in [0, 0.05) is 30.2 Å². The second kappa shape index (κ2) is 11.9. The number of fused-ring (bicyclic) bond motifs is 1. The summed E-state index contributed by atoms with van der Waals surface area (Å²) in [6.07, 6.45) is 1.83. The lowest BCUT2D eigenvalue weighted by atomic mass is 10.00. The minimum absolute atomic E-state index is 0.0577. The normalized spacial score (nSPS) is 11.5. The smallest absolute Gasteiger partial charge is 0.333 e. The lowest BCUT2D eigenvalue weighted by Crippen LogP contribution is -2.06. The van der Waals surface area contributed by atoms with E-state index >= 15 is 0 Å². The van der Waals surface area contributed by atoms with Gasteiger partial charge in [0.05, 0.1) is 39.1 Å². The van der Waals surface area contributed by atoms with Gasteiger partial charge in [-0.2, -0.15) is 0 Å². The zero-order chi connectivity index (χ0) is 26.4. The maximum absolute atomic E-state index is 12.4. The molecule has 0 bridgehead atoms. The molecular formula is C28H35NO7. The van der Waals surface area contributed by atoms with Crippen molar-refractivity contribution in [2.75, 3.05) is 41.8 Å². The summed E-state index contributed by atoms with van der Waals surface area (Å²) in [6.45, 7) is 8.68. The van der Waals surface area contributed by atoms with Gasteiger partial charge in [-0.05, 0) is 69.2 Å². The van der Waals surface area contributed by atoms with Crippen LogP contribution in [0.4, 0.5) is 0 Å². The number of methoxy groups -OCH3 is 4. The third-order valence-corrected chi connectivity index (χ3v) is 6.00. The molecule has 0 aliphatic carbocycles. The third kappa shape index (κ3) is 4.99. The van der Waals surface area contributed by atoms with E-state index in [0.717, 1.165) is 33.3 Å². The van der Waals surface area contributed by atoms with Crippen molar-refractivity contribution in [3.8, 4) is 34.3 Å². The zero-order valence-electron chi connectivity index (χ0n) is 22.3. The molecule has 0 aliphatic rings. The van der Waals surface area contributed by atoms with Crippen LogP contribution >= 0.6 is 0 Å². The average molecular weight is 498 g/mol. The number of ether oxygens (including phenoxy) is 6. The van der Waals surface area contributed by atoms with Crippen LogP contribution in [0.15, 0.2) is 29.8 Å². The van der Waals surface area contributed by atoms with Crippen LogP contribution < -0.4 is 18.9 Å². The van der Waals surface area contributed by atoms with Crippen molar-refractivity contribution in [1.82, 2.24) is 4.57 Å². The van der Waals surface area contributed by atoms with Crippen molar-refractivity contribution < 1.29 is 33.2 Å². The summed E-state index contributed by atoms with van der Waals surface area (Å²) in [5.74, 6) is 2.02. The Kier molecular flexibility index (Phi) is 8.88. The molecule has 1 aromatic heterocycles. The molecular weight excluding hydrogens is 462 g/mol. The van der Waals surface area contributed by atoms with E-state index in [1.807, 2.05) is 30.3 Å². The van der Waals surface area contributed by atoms with Crippen LogP contribution in [0, 0.1) is 6.92 Å². The van der Waals surface area contributed by atoms with Crippen LogP contribution in [-0.4, -0.2) is 52.4 Å². The fourth-order valence-electron chi connectivity index (χ4n) is 4.46. The van der Waals surface area contributed by atoms with Gasteiger partial charge in [0.1, 0.15) is 0 Å².